The number of alkyl halides is 3. The van der Waals surface area contributed by atoms with Crippen molar-refractivity contribution in [3.05, 3.63) is 119 Å². The fraction of sp³-hybridized carbons (Fsp3) is 0.514. The minimum atomic E-state index is -3.65. The summed E-state index contributed by atoms with van der Waals surface area (Å²) in [6.07, 6.45) is 1.68. The Kier molecular flexibility index (Phi) is 27.4. The number of aromatic hydroxyl groups is 1. The van der Waals surface area contributed by atoms with E-state index in [1.54, 1.807) is 0 Å². The number of ketones is 1. The normalized spacial score (nSPS) is 26.8. The van der Waals surface area contributed by atoms with Gasteiger partial charge in [-0.1, -0.05) is 36.4 Å². The van der Waals surface area contributed by atoms with Gasteiger partial charge in [0.15, 0.2) is 5.78 Å². The number of carbonyl (C=O) groups is 11. The summed E-state index contributed by atoms with van der Waals surface area (Å²) in [5.41, 5.74) is 14.6. The van der Waals surface area contributed by atoms with Crippen LogP contribution in [0.4, 0.5) is 17.6 Å². The summed E-state index contributed by atoms with van der Waals surface area (Å²) in [4.78, 5) is 167. The molecule has 0 radical (unpaired) electrons. The number of hydrogen-bond acceptors (Lipinski definition) is 16. The summed E-state index contributed by atoms with van der Waals surface area (Å²) >= 11 is 2.68. The Morgan fingerprint density at radius 1 is 0.725 bits per heavy atom. The first-order valence-electron chi connectivity index (χ1n) is 34.2. The third kappa shape index (κ3) is 22.0. The number of carboxylic acids is 1. The molecule has 2 aliphatic heterocycles. The number of fused-ring (bicyclic) bond motifs is 5. The molecule has 9 amide bonds. The van der Waals surface area contributed by atoms with Gasteiger partial charge in [0.1, 0.15) is 54.0 Å². The molecule has 9 rings (SSSR count). The fourth-order valence-corrected chi connectivity index (χ4v) is 15.9. The Morgan fingerprint density at radius 3 is 2.12 bits per heavy atom. The van der Waals surface area contributed by atoms with Gasteiger partial charge >= 0.3 is 5.97 Å². The lowest BCUT2D eigenvalue weighted by Gasteiger charge is -2.33. The van der Waals surface area contributed by atoms with Crippen molar-refractivity contribution in [2.45, 2.75) is 169 Å². The molecule has 2 saturated carbocycles. The average Bonchev–Trinajstić information content (AvgIpc) is 1.65. The van der Waals surface area contributed by atoms with Gasteiger partial charge in [0, 0.05) is 90.5 Å². The largest absolute Gasteiger partial charge is 0.508 e. The van der Waals surface area contributed by atoms with E-state index in [4.69, 9.17) is 11.5 Å². The van der Waals surface area contributed by atoms with Crippen molar-refractivity contribution in [2.75, 3.05) is 31.1 Å². The lowest BCUT2D eigenvalue weighted by atomic mass is 9.75. The highest BCUT2D eigenvalue weighted by molar-refractivity contribution is 7.98. The molecule has 102 heavy (non-hydrogen) atoms. The third-order valence-electron chi connectivity index (χ3n) is 19.2. The molecule has 3 fully saturated rings. The number of nitrogens with one attached hydrogen (secondary N) is 9. The maximum absolute atomic E-state index is 15.8. The molecule has 1 saturated heterocycles. The van der Waals surface area contributed by atoms with E-state index in [1.807, 2.05) is 24.3 Å². The number of phenolic OH excluding ortho intramolecular Hbond substituents is 1. The number of nitrogens with zero attached hydrogens (tertiary/aromatic N) is 2. The summed E-state index contributed by atoms with van der Waals surface area (Å²) in [5, 5.41) is 39.0. The Labute approximate surface area is 594 Å². The molecule has 2 aromatic heterocycles. The number of imidazole rings is 1. The number of hydrogen-bond donors (Lipinski definition) is 13. The molecule has 4 unspecified atom stereocenters. The molecule has 4 heterocycles. The van der Waals surface area contributed by atoms with E-state index in [-0.39, 0.29) is 73.2 Å². The van der Waals surface area contributed by atoms with Crippen LogP contribution in [0.3, 0.4) is 0 Å². The zero-order valence-electron chi connectivity index (χ0n) is 56.0. The molecule has 5 aromatic rings. The number of halogens is 4. The maximum atomic E-state index is 15.8. The van der Waals surface area contributed by atoms with Crippen molar-refractivity contribution in [3.63, 3.8) is 0 Å². The number of thioether (sulfide) groups is 2. The number of carbonyl (C=O) groups excluding carboxylic acids is 10. The molecule has 26 nitrogen and oxygen atoms in total. The number of aromatic nitrogens is 3. The maximum Gasteiger partial charge on any atom is 0.305 e. The van der Waals surface area contributed by atoms with Crippen molar-refractivity contribution in [2.24, 2.45) is 35.1 Å². The van der Waals surface area contributed by atoms with Crippen molar-refractivity contribution >= 4 is 99.3 Å². The first kappa shape index (κ1) is 77.1. The highest BCUT2D eigenvalue weighted by Crippen LogP contribution is 2.48. The number of H-pyrrole nitrogens is 2. The minimum absolute atomic E-state index is 0.0115. The monoisotopic (exact) mass is 1460 g/mol. The predicted octanol–water partition coefficient (Wildman–Crippen LogP) is 3.81. The summed E-state index contributed by atoms with van der Waals surface area (Å²) in [6, 6.07) is 4.75. The van der Waals surface area contributed by atoms with Crippen LogP contribution in [0.1, 0.15) is 111 Å². The van der Waals surface area contributed by atoms with E-state index in [0.717, 1.165) is 11.1 Å². The number of benzene rings is 3. The number of nitrogens with two attached hydrogens (primary N) is 2. The lowest BCUT2D eigenvalue weighted by Crippen LogP contribution is -2.61. The summed E-state index contributed by atoms with van der Waals surface area (Å²) in [7, 11) is 0. The van der Waals surface area contributed by atoms with E-state index in [1.165, 1.54) is 84.7 Å². The number of aliphatic carboxylic acids is 1. The predicted molar refractivity (Wildman–Crippen MR) is 370 cm³/mol. The molecule has 550 valence electrons. The number of rotatable bonds is 15. The number of Topliss-reactive ketones (excluding diaryl/α,β-unsaturated/α-hetero) is 1. The van der Waals surface area contributed by atoms with E-state index in [0.29, 0.717) is 77.1 Å². The molecule has 2 aliphatic carbocycles. The molecular formula is C70H87F4N13O13S2. The number of primary amides is 1. The number of phenols is 1. The molecular weight excluding hydrogens is 1370 g/mol. The van der Waals surface area contributed by atoms with Crippen LogP contribution < -0.4 is 48.7 Å². The quantitative estimate of drug-likeness (QED) is 0.0523. The van der Waals surface area contributed by atoms with Gasteiger partial charge in [-0.25, -0.2) is 22.5 Å². The highest BCUT2D eigenvalue weighted by atomic mass is 32.2. The van der Waals surface area contributed by atoms with E-state index < -0.39 is 182 Å². The summed E-state index contributed by atoms with van der Waals surface area (Å²) < 4.78 is 61.7. The summed E-state index contributed by atoms with van der Waals surface area (Å²) in [5.74, 6) is -16.5. The Morgan fingerprint density at radius 2 is 1.40 bits per heavy atom. The number of unbranched alkanes of at least 4 members (excludes halogenated alkanes) is 1. The number of carboxylic acid groups (broad SMARTS) is 1. The second-order valence-electron chi connectivity index (χ2n) is 26.8. The van der Waals surface area contributed by atoms with Crippen molar-refractivity contribution in [1.29, 1.82) is 0 Å². The van der Waals surface area contributed by atoms with Crippen LogP contribution in [0.25, 0.3) is 10.9 Å². The zero-order valence-corrected chi connectivity index (χ0v) is 57.7. The SMILES string of the molecule is NCCCC[C@@H]1NC(=O)CCSCc2cccc(c2)CSC[C@@H](C(N)=O)CC(=O)[C@@H]2CC(F)(F)CN2C(=O)[C@H](Cc2ccc(O)cc2)NC(=O)[C@H](Cc2cnc[nH]2)NC(=O)[C@H](CC(=O)O)NC(=O)[C@H](CC2CCC3CCC(F)CC32)NC(=O)[C@H](Cc2c[nH]c3ccc(F)cc23)NC(=O)CNC1=O. The van der Waals surface area contributed by atoms with Crippen LogP contribution >= 0.6 is 23.5 Å². The van der Waals surface area contributed by atoms with Gasteiger partial charge in [-0.3, -0.25) is 52.7 Å². The van der Waals surface area contributed by atoms with Crippen LogP contribution in [0.5, 0.6) is 5.75 Å². The van der Waals surface area contributed by atoms with E-state index in [2.05, 4.69) is 52.2 Å². The number of amides is 9. The average molecular weight is 1460 g/mol. The standard InChI is InChI=1S/C70H87F4N13O13S2/c71-45-12-11-41-9-10-42(49(41)25-45)22-54-66(97)85-56(28-62(92)93)68(99)84-55(27-47-31-77-37-80-47)67(98)86-57(21-38-7-14-48(88)15-8-38)69(100)87-36-70(73,74)29-58(87)59(89)24-44(63(76)94)35-102-34-40-5-3-4-39(20-40)33-101-19-17-60(90)81-52(6-1-2-18-75)64(95)79-32-61(91)82-53(65(96)83-54)23-43-30-78-51-16-13-46(72)26-50(43)51/h3-5,7-8,13-16,20,26,30-31,37,41-42,44-45,49,52-58,78,88H,1-2,6,9-12,17-19,21-25,27-29,32-36,75H2,(H2,76,94)(H,77,80)(H,79,95)(H,81,90)(H,82,91)(H,83,96)(H,84,99)(H,85,97)(H,86,98)(H,92,93)/t41?,42?,44-,45?,49?,52-,53-,54-,55-,56-,57-,58-/m0/s1. The van der Waals surface area contributed by atoms with E-state index in [9.17, 15) is 53.0 Å². The molecule has 4 aliphatic rings. The van der Waals surface area contributed by atoms with Crippen molar-refractivity contribution in [1.82, 2.24) is 57.1 Å². The van der Waals surface area contributed by atoms with Crippen LogP contribution in [0.15, 0.2) is 85.5 Å². The Balaban J connectivity index is 1.05. The second kappa shape index (κ2) is 36.2. The smallest absolute Gasteiger partial charge is 0.305 e. The molecule has 32 heteroatoms. The molecule has 12 atom stereocenters. The summed E-state index contributed by atoms with van der Waals surface area (Å²) in [6.45, 7) is -1.73. The van der Waals surface area contributed by atoms with Crippen LogP contribution in [-0.2, 0) is 83.5 Å². The van der Waals surface area contributed by atoms with Gasteiger partial charge in [-0.2, -0.15) is 23.5 Å². The fourth-order valence-electron chi connectivity index (χ4n) is 13.9. The van der Waals surface area contributed by atoms with Crippen molar-refractivity contribution < 1.29 is 80.5 Å². The van der Waals surface area contributed by atoms with Gasteiger partial charge in [-0.15, -0.1) is 0 Å². The van der Waals surface area contributed by atoms with E-state index >= 15 is 27.6 Å². The minimum Gasteiger partial charge on any atom is -0.508 e. The molecule has 15 N–H and O–H groups in total. The Hall–Kier alpha value is -9.04. The molecule has 2 bridgehead atoms. The third-order valence-corrected chi connectivity index (χ3v) is 21.4. The highest BCUT2D eigenvalue weighted by Gasteiger charge is 2.52. The second-order valence-corrected chi connectivity index (χ2v) is 28.9. The Bertz CT molecular complexity index is 3820. The van der Waals surface area contributed by atoms with Gasteiger partial charge < -0.3 is 73.8 Å². The van der Waals surface area contributed by atoms with Crippen molar-refractivity contribution in [3.8, 4) is 5.75 Å². The molecule has 0 spiro atoms. The zero-order chi connectivity index (χ0) is 73.2. The van der Waals surface area contributed by atoms with Crippen LogP contribution in [-0.4, -0.2) is 181 Å². The first-order chi connectivity index (χ1) is 48.8. The van der Waals surface area contributed by atoms with Gasteiger partial charge in [-0.05, 0) is 135 Å². The van der Waals surface area contributed by atoms with Gasteiger partial charge in [0.05, 0.1) is 37.8 Å². The lowest BCUT2D eigenvalue weighted by molar-refractivity contribution is -0.143. The van der Waals surface area contributed by atoms with Gasteiger partial charge in [0.2, 0.25) is 53.2 Å². The van der Waals surface area contributed by atoms with Crippen LogP contribution in [0.2, 0.25) is 0 Å². The van der Waals surface area contributed by atoms with Gasteiger partial charge in [0.25, 0.3) is 5.92 Å². The topological polar surface area (TPSA) is 412 Å². The number of aromatic amines is 2. The first-order valence-corrected chi connectivity index (χ1v) is 36.5. The van der Waals surface area contributed by atoms with Crippen LogP contribution in [0, 0.1) is 29.5 Å². The molecule has 3 aromatic carbocycles.